The molecule has 0 aliphatic rings. The summed E-state index contributed by atoms with van der Waals surface area (Å²) in [5, 5.41) is 9.90. The van der Waals surface area contributed by atoms with E-state index in [1.165, 1.54) is 89.9 Å². The van der Waals surface area contributed by atoms with Gasteiger partial charge < -0.3 is 5.11 Å². The first-order valence-electron chi connectivity index (χ1n) is 10.1. The van der Waals surface area contributed by atoms with Crippen molar-refractivity contribution >= 4 is 0 Å². The quantitative estimate of drug-likeness (QED) is 0.223. The SMILES string of the molecule is CCCCCCCCCC/C=C/C[C@@H](O)CCCCCCC. The molecule has 0 aliphatic carbocycles. The van der Waals surface area contributed by atoms with Crippen molar-refractivity contribution in [1.29, 1.82) is 0 Å². The van der Waals surface area contributed by atoms with Crippen LogP contribution in [0.3, 0.4) is 0 Å². The molecule has 1 heteroatoms. The third-order valence-corrected chi connectivity index (χ3v) is 4.44. The van der Waals surface area contributed by atoms with Crippen LogP contribution in [-0.4, -0.2) is 11.2 Å². The molecule has 0 fully saturated rings. The molecular weight excluding hydrogens is 268 g/mol. The van der Waals surface area contributed by atoms with Crippen molar-refractivity contribution in [1.82, 2.24) is 0 Å². The van der Waals surface area contributed by atoms with E-state index in [0.717, 1.165) is 12.8 Å². The maximum Gasteiger partial charge on any atom is 0.0574 e. The van der Waals surface area contributed by atoms with Crippen LogP contribution >= 0.6 is 0 Å². The van der Waals surface area contributed by atoms with Crippen molar-refractivity contribution in [2.45, 2.75) is 123 Å². The van der Waals surface area contributed by atoms with E-state index in [1.807, 2.05) is 0 Å². The van der Waals surface area contributed by atoms with E-state index in [1.54, 1.807) is 0 Å². The summed E-state index contributed by atoms with van der Waals surface area (Å²) < 4.78 is 0. The minimum Gasteiger partial charge on any atom is -0.393 e. The molecule has 0 aromatic rings. The van der Waals surface area contributed by atoms with Crippen molar-refractivity contribution < 1.29 is 5.11 Å². The van der Waals surface area contributed by atoms with Gasteiger partial charge in [0, 0.05) is 0 Å². The van der Waals surface area contributed by atoms with Gasteiger partial charge >= 0.3 is 0 Å². The zero-order valence-corrected chi connectivity index (χ0v) is 15.5. The first-order chi connectivity index (χ1) is 10.8. The van der Waals surface area contributed by atoms with Crippen LogP contribution in [0.2, 0.25) is 0 Å². The molecule has 0 spiro atoms. The Bertz CT molecular complexity index is 222. The third-order valence-electron chi connectivity index (χ3n) is 4.44. The van der Waals surface area contributed by atoms with Gasteiger partial charge in [0.05, 0.1) is 6.10 Å². The van der Waals surface area contributed by atoms with Gasteiger partial charge in [-0.3, -0.25) is 0 Å². The monoisotopic (exact) mass is 310 g/mol. The number of allylic oxidation sites excluding steroid dienone is 1. The predicted octanol–water partition coefficient (Wildman–Crippen LogP) is 7.18. The van der Waals surface area contributed by atoms with Crippen molar-refractivity contribution in [2.24, 2.45) is 0 Å². The predicted molar refractivity (Wildman–Crippen MR) is 100 cm³/mol. The summed E-state index contributed by atoms with van der Waals surface area (Å²) in [6, 6.07) is 0. The van der Waals surface area contributed by atoms with Gasteiger partial charge in [0.1, 0.15) is 0 Å². The summed E-state index contributed by atoms with van der Waals surface area (Å²) in [5.74, 6) is 0. The molecule has 1 nitrogen and oxygen atoms in total. The number of aliphatic hydroxyl groups excluding tert-OH is 1. The molecule has 0 unspecified atom stereocenters. The zero-order chi connectivity index (χ0) is 16.3. The lowest BCUT2D eigenvalue weighted by molar-refractivity contribution is 0.163. The Hall–Kier alpha value is -0.300. The van der Waals surface area contributed by atoms with Gasteiger partial charge in [-0.05, 0) is 25.7 Å². The highest BCUT2D eigenvalue weighted by Gasteiger charge is 2.00. The van der Waals surface area contributed by atoms with E-state index in [-0.39, 0.29) is 6.10 Å². The molecule has 0 aliphatic heterocycles. The van der Waals surface area contributed by atoms with Crippen molar-refractivity contribution in [3.63, 3.8) is 0 Å². The molecule has 132 valence electrons. The number of aliphatic hydroxyl groups is 1. The highest BCUT2D eigenvalue weighted by Crippen LogP contribution is 2.11. The highest BCUT2D eigenvalue weighted by atomic mass is 16.3. The summed E-state index contributed by atoms with van der Waals surface area (Å²) >= 11 is 0. The van der Waals surface area contributed by atoms with Crippen LogP contribution in [-0.2, 0) is 0 Å². The van der Waals surface area contributed by atoms with E-state index in [4.69, 9.17) is 0 Å². The van der Waals surface area contributed by atoms with E-state index in [2.05, 4.69) is 26.0 Å². The second kappa shape index (κ2) is 18.7. The molecule has 1 atom stereocenters. The van der Waals surface area contributed by atoms with E-state index in [0.29, 0.717) is 0 Å². The minimum atomic E-state index is -0.114. The summed E-state index contributed by atoms with van der Waals surface area (Å²) in [7, 11) is 0. The van der Waals surface area contributed by atoms with Gasteiger partial charge in [0.2, 0.25) is 0 Å². The normalized spacial score (nSPS) is 13.0. The summed E-state index contributed by atoms with van der Waals surface area (Å²) in [4.78, 5) is 0. The fraction of sp³-hybridized carbons (Fsp3) is 0.905. The maximum absolute atomic E-state index is 9.90. The van der Waals surface area contributed by atoms with Crippen molar-refractivity contribution in [2.75, 3.05) is 0 Å². The number of rotatable bonds is 17. The Morgan fingerprint density at radius 1 is 0.636 bits per heavy atom. The fourth-order valence-electron chi connectivity index (χ4n) is 2.87. The van der Waals surface area contributed by atoms with Crippen molar-refractivity contribution in [3.8, 4) is 0 Å². The molecular formula is C21H42O. The van der Waals surface area contributed by atoms with Crippen molar-refractivity contribution in [3.05, 3.63) is 12.2 Å². The minimum absolute atomic E-state index is 0.114. The summed E-state index contributed by atoms with van der Waals surface area (Å²) in [6.07, 6.45) is 24.9. The third kappa shape index (κ3) is 17.8. The highest BCUT2D eigenvalue weighted by molar-refractivity contribution is 4.84. The standard InChI is InChI=1S/C21H42O/c1-3-5-7-9-10-11-12-13-14-16-18-20-21(22)19-17-15-8-6-4-2/h16,18,21-22H,3-15,17,19-20H2,1-2H3/b18-16+/t21-/m0/s1. The lowest BCUT2D eigenvalue weighted by atomic mass is 10.1. The lowest BCUT2D eigenvalue weighted by Crippen LogP contribution is -2.04. The van der Waals surface area contributed by atoms with Gasteiger partial charge in [0.25, 0.3) is 0 Å². The van der Waals surface area contributed by atoms with E-state index >= 15 is 0 Å². The average molecular weight is 311 g/mol. The van der Waals surface area contributed by atoms with Gasteiger partial charge in [-0.25, -0.2) is 0 Å². The molecule has 0 rings (SSSR count). The second-order valence-electron chi connectivity index (χ2n) is 6.83. The molecule has 1 N–H and O–H groups in total. The van der Waals surface area contributed by atoms with Crippen LogP contribution in [0.25, 0.3) is 0 Å². The smallest absolute Gasteiger partial charge is 0.0574 e. The van der Waals surface area contributed by atoms with Crippen LogP contribution in [0.1, 0.15) is 117 Å². The van der Waals surface area contributed by atoms with Gasteiger partial charge in [-0.2, -0.15) is 0 Å². The van der Waals surface area contributed by atoms with E-state index in [9.17, 15) is 5.11 Å². The lowest BCUT2D eigenvalue weighted by Gasteiger charge is -2.07. The van der Waals surface area contributed by atoms with Crippen LogP contribution in [0.4, 0.5) is 0 Å². The van der Waals surface area contributed by atoms with Crippen LogP contribution in [0.5, 0.6) is 0 Å². The maximum atomic E-state index is 9.90. The molecule has 0 aromatic heterocycles. The molecule has 0 saturated heterocycles. The molecule has 0 saturated carbocycles. The topological polar surface area (TPSA) is 20.2 Å². The van der Waals surface area contributed by atoms with E-state index < -0.39 is 0 Å². The number of hydrogen-bond acceptors (Lipinski definition) is 1. The Labute approximate surface area is 140 Å². The zero-order valence-electron chi connectivity index (χ0n) is 15.5. The molecule has 0 radical (unpaired) electrons. The summed E-state index contributed by atoms with van der Waals surface area (Å²) in [6.45, 7) is 4.52. The Kier molecular flexibility index (Phi) is 18.5. The largest absolute Gasteiger partial charge is 0.393 e. The molecule has 0 bridgehead atoms. The van der Waals surface area contributed by atoms with Crippen LogP contribution < -0.4 is 0 Å². The second-order valence-corrected chi connectivity index (χ2v) is 6.83. The Morgan fingerprint density at radius 2 is 1.14 bits per heavy atom. The fourth-order valence-corrected chi connectivity index (χ4v) is 2.87. The van der Waals surface area contributed by atoms with Gasteiger partial charge in [-0.1, -0.05) is 103 Å². The van der Waals surface area contributed by atoms with Gasteiger partial charge in [0.15, 0.2) is 0 Å². The number of unbranched alkanes of at least 4 members (excludes halogenated alkanes) is 12. The average Bonchev–Trinajstić information content (AvgIpc) is 2.52. The molecule has 0 aromatic carbocycles. The molecule has 22 heavy (non-hydrogen) atoms. The molecule has 0 amide bonds. The summed E-state index contributed by atoms with van der Waals surface area (Å²) in [5.41, 5.74) is 0. The van der Waals surface area contributed by atoms with Crippen LogP contribution in [0.15, 0.2) is 12.2 Å². The first kappa shape index (κ1) is 21.7. The number of hydrogen-bond donors (Lipinski definition) is 1. The molecule has 0 heterocycles. The Morgan fingerprint density at radius 3 is 1.73 bits per heavy atom. The first-order valence-corrected chi connectivity index (χ1v) is 10.1. The van der Waals surface area contributed by atoms with Crippen LogP contribution in [0, 0.1) is 0 Å². The Balaban J connectivity index is 3.21. The van der Waals surface area contributed by atoms with Gasteiger partial charge in [-0.15, -0.1) is 0 Å².